The van der Waals surface area contributed by atoms with E-state index in [4.69, 9.17) is 0 Å². The van der Waals surface area contributed by atoms with E-state index < -0.39 is 0 Å². The van der Waals surface area contributed by atoms with E-state index in [1.807, 2.05) is 17.9 Å². The zero-order valence-electron chi connectivity index (χ0n) is 12.2. The second-order valence-corrected chi connectivity index (χ2v) is 5.67. The molecule has 0 amide bonds. The van der Waals surface area contributed by atoms with Crippen LogP contribution in [-0.4, -0.2) is 34.3 Å². The lowest BCUT2D eigenvalue weighted by Gasteiger charge is -2.26. The molecule has 4 nitrogen and oxygen atoms in total. The zero-order chi connectivity index (χ0) is 13.9. The number of aromatic nitrogens is 2. The van der Waals surface area contributed by atoms with Crippen LogP contribution < -0.4 is 5.32 Å². The van der Waals surface area contributed by atoms with Gasteiger partial charge in [-0.15, -0.1) is 0 Å². The minimum Gasteiger partial charge on any atom is -0.383 e. The topological polar surface area (TPSA) is 33.1 Å². The van der Waals surface area contributed by atoms with Gasteiger partial charge in [0, 0.05) is 43.6 Å². The molecule has 3 rings (SSSR count). The Kier molecular flexibility index (Phi) is 3.74. The first-order valence-electron chi connectivity index (χ1n) is 7.22. The van der Waals surface area contributed by atoms with Gasteiger partial charge in [0.05, 0.1) is 6.20 Å². The summed E-state index contributed by atoms with van der Waals surface area (Å²) < 4.78 is 1.87. The molecule has 1 unspecified atom stereocenters. The van der Waals surface area contributed by atoms with Gasteiger partial charge in [-0.2, -0.15) is 5.10 Å². The molecule has 0 saturated carbocycles. The van der Waals surface area contributed by atoms with Crippen molar-refractivity contribution in [3.8, 4) is 0 Å². The van der Waals surface area contributed by atoms with Crippen molar-refractivity contribution in [1.29, 1.82) is 0 Å². The summed E-state index contributed by atoms with van der Waals surface area (Å²) in [6, 6.07) is 9.19. The fourth-order valence-corrected chi connectivity index (χ4v) is 2.91. The molecule has 1 aromatic heterocycles. The highest BCUT2D eigenvalue weighted by atomic mass is 15.2. The Morgan fingerprint density at radius 2 is 2.25 bits per heavy atom. The van der Waals surface area contributed by atoms with E-state index in [-0.39, 0.29) is 0 Å². The number of aryl methyl sites for hydroxylation is 2. The van der Waals surface area contributed by atoms with Crippen LogP contribution in [0.5, 0.6) is 0 Å². The summed E-state index contributed by atoms with van der Waals surface area (Å²) in [7, 11) is 4.17. The van der Waals surface area contributed by atoms with Crippen LogP contribution in [0.25, 0.3) is 0 Å². The van der Waals surface area contributed by atoms with E-state index in [0.29, 0.717) is 6.04 Å². The lowest BCUT2D eigenvalue weighted by molar-refractivity contribution is 0.233. The van der Waals surface area contributed by atoms with Gasteiger partial charge in [0.1, 0.15) is 0 Å². The molecule has 0 bridgehead atoms. The largest absolute Gasteiger partial charge is 0.383 e. The molecular weight excluding hydrogens is 248 g/mol. The summed E-state index contributed by atoms with van der Waals surface area (Å²) in [5.41, 5.74) is 4.01. The van der Waals surface area contributed by atoms with E-state index in [2.05, 4.69) is 52.8 Å². The molecular formula is C16H22N4. The summed E-state index contributed by atoms with van der Waals surface area (Å²) in [6.45, 7) is 1.96. The number of anilines is 1. The van der Waals surface area contributed by atoms with Crippen molar-refractivity contribution < 1.29 is 0 Å². The van der Waals surface area contributed by atoms with E-state index in [0.717, 1.165) is 19.5 Å². The molecule has 20 heavy (non-hydrogen) atoms. The Morgan fingerprint density at radius 1 is 1.40 bits per heavy atom. The summed E-state index contributed by atoms with van der Waals surface area (Å²) in [5.74, 6) is 0. The van der Waals surface area contributed by atoms with Crippen molar-refractivity contribution in [3.05, 3.63) is 47.8 Å². The molecule has 1 aliphatic heterocycles. The van der Waals surface area contributed by atoms with Crippen molar-refractivity contribution in [3.63, 3.8) is 0 Å². The molecule has 1 aliphatic rings. The maximum Gasteiger partial charge on any atom is 0.0534 e. The smallest absolute Gasteiger partial charge is 0.0534 e. The number of para-hydroxylation sites is 1. The predicted octanol–water partition coefficient (Wildman–Crippen LogP) is 2.28. The van der Waals surface area contributed by atoms with Crippen LogP contribution in [0.15, 0.2) is 36.7 Å². The minimum atomic E-state index is 0.558. The normalized spacial score (nSPS) is 18.4. The molecule has 2 heterocycles. The molecule has 1 N–H and O–H groups in total. The molecule has 0 aliphatic carbocycles. The van der Waals surface area contributed by atoms with Crippen LogP contribution in [0.3, 0.4) is 0 Å². The van der Waals surface area contributed by atoms with Crippen LogP contribution in [0, 0.1) is 0 Å². The predicted molar refractivity (Wildman–Crippen MR) is 81.7 cm³/mol. The third kappa shape index (κ3) is 2.85. The van der Waals surface area contributed by atoms with Gasteiger partial charge in [-0.3, -0.25) is 9.58 Å². The SMILES string of the molecule is CN(Cc1cnn(C)c1)C1CCc2ccccc2NC1. The van der Waals surface area contributed by atoms with Crippen LogP contribution >= 0.6 is 0 Å². The van der Waals surface area contributed by atoms with E-state index in [9.17, 15) is 0 Å². The third-order valence-corrected chi connectivity index (χ3v) is 4.11. The lowest BCUT2D eigenvalue weighted by Crippen LogP contribution is -2.36. The van der Waals surface area contributed by atoms with E-state index in [1.165, 1.54) is 23.2 Å². The second kappa shape index (κ2) is 5.67. The number of rotatable bonds is 3. The van der Waals surface area contributed by atoms with Crippen molar-refractivity contribution in [2.24, 2.45) is 7.05 Å². The fraction of sp³-hybridized carbons (Fsp3) is 0.438. The molecule has 0 fully saturated rings. The third-order valence-electron chi connectivity index (χ3n) is 4.11. The monoisotopic (exact) mass is 270 g/mol. The highest BCUT2D eigenvalue weighted by Crippen LogP contribution is 2.23. The van der Waals surface area contributed by atoms with Gasteiger partial charge in [0.25, 0.3) is 0 Å². The Balaban J connectivity index is 1.64. The molecule has 0 saturated heterocycles. The van der Waals surface area contributed by atoms with Gasteiger partial charge in [-0.25, -0.2) is 0 Å². The summed E-state index contributed by atoms with van der Waals surface area (Å²) in [4.78, 5) is 2.43. The number of likely N-dealkylation sites (N-methyl/N-ethyl adjacent to an activating group) is 1. The average molecular weight is 270 g/mol. The Morgan fingerprint density at radius 3 is 3.05 bits per heavy atom. The molecule has 0 radical (unpaired) electrons. The number of nitrogens with one attached hydrogen (secondary N) is 1. The number of hydrogen-bond acceptors (Lipinski definition) is 3. The first kappa shape index (κ1) is 13.2. The molecule has 0 spiro atoms. The van der Waals surface area contributed by atoms with Gasteiger partial charge in [0.2, 0.25) is 0 Å². The molecule has 1 aromatic carbocycles. The van der Waals surface area contributed by atoms with Gasteiger partial charge in [-0.1, -0.05) is 18.2 Å². The van der Waals surface area contributed by atoms with E-state index in [1.54, 1.807) is 0 Å². The highest BCUT2D eigenvalue weighted by Gasteiger charge is 2.19. The van der Waals surface area contributed by atoms with Crippen LogP contribution in [0.2, 0.25) is 0 Å². The Hall–Kier alpha value is -1.81. The number of hydrogen-bond donors (Lipinski definition) is 1. The van der Waals surface area contributed by atoms with Gasteiger partial charge in [-0.05, 0) is 31.5 Å². The fourth-order valence-electron chi connectivity index (χ4n) is 2.91. The quantitative estimate of drug-likeness (QED) is 0.929. The van der Waals surface area contributed by atoms with Gasteiger partial charge < -0.3 is 5.32 Å². The maximum atomic E-state index is 4.24. The van der Waals surface area contributed by atoms with Gasteiger partial charge >= 0.3 is 0 Å². The Bertz CT molecular complexity index is 548. The van der Waals surface area contributed by atoms with Gasteiger partial charge in [0.15, 0.2) is 0 Å². The maximum absolute atomic E-state index is 4.24. The van der Waals surface area contributed by atoms with Crippen molar-refractivity contribution in [2.75, 3.05) is 18.9 Å². The first-order valence-corrected chi connectivity index (χ1v) is 7.22. The molecule has 1 atom stereocenters. The molecule has 2 aromatic rings. The van der Waals surface area contributed by atoms with Crippen LogP contribution in [0.1, 0.15) is 17.5 Å². The summed E-state index contributed by atoms with van der Waals surface area (Å²) in [5, 5.41) is 7.82. The second-order valence-electron chi connectivity index (χ2n) is 5.67. The molecule has 106 valence electrons. The standard InChI is InChI=1S/C16H22N4/c1-19(11-13-9-18-20(2)12-13)15-8-7-14-5-3-4-6-16(14)17-10-15/h3-6,9,12,15,17H,7-8,10-11H2,1-2H3. The number of benzene rings is 1. The summed E-state index contributed by atoms with van der Waals surface area (Å²) in [6.07, 6.45) is 6.39. The van der Waals surface area contributed by atoms with Crippen LogP contribution in [-0.2, 0) is 20.0 Å². The van der Waals surface area contributed by atoms with Crippen molar-refractivity contribution in [2.45, 2.75) is 25.4 Å². The molecule has 4 heteroatoms. The average Bonchev–Trinajstić information content (AvgIpc) is 2.74. The number of fused-ring (bicyclic) bond motifs is 1. The highest BCUT2D eigenvalue weighted by molar-refractivity contribution is 5.52. The van der Waals surface area contributed by atoms with Crippen LogP contribution in [0.4, 0.5) is 5.69 Å². The number of nitrogens with zero attached hydrogens (tertiary/aromatic N) is 3. The van der Waals surface area contributed by atoms with Crippen molar-refractivity contribution in [1.82, 2.24) is 14.7 Å². The zero-order valence-corrected chi connectivity index (χ0v) is 12.2. The summed E-state index contributed by atoms with van der Waals surface area (Å²) >= 11 is 0. The Labute approximate surface area is 120 Å². The first-order chi connectivity index (χ1) is 9.72. The van der Waals surface area contributed by atoms with E-state index >= 15 is 0 Å². The minimum absolute atomic E-state index is 0.558. The van der Waals surface area contributed by atoms with Crippen molar-refractivity contribution >= 4 is 5.69 Å². The lowest BCUT2D eigenvalue weighted by atomic mass is 10.1.